The van der Waals surface area contributed by atoms with E-state index in [0.29, 0.717) is 0 Å². The highest BCUT2D eigenvalue weighted by Gasteiger charge is 2.28. The molecule has 1 fully saturated rings. The van der Waals surface area contributed by atoms with Crippen LogP contribution in [0, 0.1) is 0 Å². The lowest BCUT2D eigenvalue weighted by molar-refractivity contribution is 0.267. The molecule has 0 amide bonds. The minimum atomic E-state index is 0.785. The lowest BCUT2D eigenvalue weighted by Gasteiger charge is -2.21. The maximum Gasteiger partial charge on any atom is 0.0426 e. The van der Waals surface area contributed by atoms with E-state index in [4.69, 9.17) is 11.6 Å². The highest BCUT2D eigenvalue weighted by Crippen LogP contribution is 2.28. The van der Waals surface area contributed by atoms with Crippen LogP contribution in [0.1, 0.15) is 17.7 Å². The Labute approximate surface area is 129 Å². The molecule has 2 nitrogen and oxygen atoms in total. The van der Waals surface area contributed by atoms with Crippen molar-refractivity contribution in [1.29, 1.82) is 0 Å². The number of hydrogen-bond donors (Lipinski definition) is 1. The van der Waals surface area contributed by atoms with Gasteiger partial charge in [-0.1, -0.05) is 23.7 Å². The van der Waals surface area contributed by atoms with Crippen molar-refractivity contribution in [2.45, 2.75) is 25.4 Å². The molecule has 1 aromatic heterocycles. The van der Waals surface area contributed by atoms with E-state index in [-0.39, 0.29) is 0 Å². The minimum absolute atomic E-state index is 0.785. The third kappa shape index (κ3) is 3.98. The minimum Gasteiger partial charge on any atom is -0.384 e. The topological polar surface area (TPSA) is 15.3 Å². The lowest BCUT2D eigenvalue weighted by atomic mass is 10.3. The van der Waals surface area contributed by atoms with E-state index in [9.17, 15) is 0 Å². The second kappa shape index (κ2) is 6.61. The molecule has 1 heterocycles. The second-order valence-electron chi connectivity index (χ2n) is 5.22. The summed E-state index contributed by atoms with van der Waals surface area (Å²) in [7, 11) is 0. The molecule has 2 aromatic rings. The van der Waals surface area contributed by atoms with Crippen LogP contribution in [0.25, 0.3) is 0 Å². The zero-order valence-corrected chi connectivity index (χ0v) is 13.0. The number of benzene rings is 1. The number of hydrogen-bond acceptors (Lipinski definition) is 3. The average Bonchev–Trinajstić information content (AvgIpc) is 3.16. The van der Waals surface area contributed by atoms with Crippen LogP contribution in [0.5, 0.6) is 0 Å². The molecule has 0 unspecified atom stereocenters. The molecule has 106 valence electrons. The smallest absolute Gasteiger partial charge is 0.0426 e. The van der Waals surface area contributed by atoms with Crippen molar-refractivity contribution in [3.8, 4) is 0 Å². The summed E-state index contributed by atoms with van der Waals surface area (Å²) in [6.45, 7) is 3.12. The molecule has 3 rings (SSSR count). The quantitative estimate of drug-likeness (QED) is 0.811. The van der Waals surface area contributed by atoms with Gasteiger partial charge >= 0.3 is 0 Å². The molecule has 0 bridgehead atoms. The van der Waals surface area contributed by atoms with Crippen molar-refractivity contribution >= 4 is 28.6 Å². The van der Waals surface area contributed by atoms with E-state index in [1.807, 2.05) is 29.5 Å². The van der Waals surface area contributed by atoms with Crippen molar-refractivity contribution in [2.24, 2.45) is 0 Å². The van der Waals surface area contributed by atoms with Gasteiger partial charge in [0.2, 0.25) is 0 Å². The van der Waals surface area contributed by atoms with Crippen LogP contribution in [-0.4, -0.2) is 24.0 Å². The van der Waals surface area contributed by atoms with Gasteiger partial charge < -0.3 is 5.32 Å². The van der Waals surface area contributed by atoms with Crippen LogP contribution in [0.3, 0.4) is 0 Å². The van der Waals surface area contributed by atoms with Crippen LogP contribution in [-0.2, 0) is 6.54 Å². The fourth-order valence-corrected chi connectivity index (χ4v) is 3.30. The Kier molecular flexibility index (Phi) is 4.61. The van der Waals surface area contributed by atoms with Gasteiger partial charge in [-0.25, -0.2) is 0 Å². The van der Waals surface area contributed by atoms with Gasteiger partial charge in [0.25, 0.3) is 0 Å². The summed E-state index contributed by atoms with van der Waals surface area (Å²) < 4.78 is 0. The molecular weight excluding hydrogens is 288 g/mol. The first-order valence-corrected chi connectivity index (χ1v) is 8.33. The molecule has 4 heteroatoms. The van der Waals surface area contributed by atoms with E-state index in [1.54, 1.807) is 0 Å². The molecule has 1 aliphatic carbocycles. The molecule has 0 aliphatic heterocycles. The number of nitrogens with zero attached hydrogens (tertiary/aromatic N) is 1. The van der Waals surface area contributed by atoms with Gasteiger partial charge in [0.1, 0.15) is 0 Å². The molecule has 1 saturated carbocycles. The summed E-state index contributed by atoms with van der Waals surface area (Å²) in [6, 6.07) is 13.1. The zero-order valence-electron chi connectivity index (χ0n) is 11.4. The Morgan fingerprint density at radius 3 is 2.85 bits per heavy atom. The fourth-order valence-electron chi connectivity index (χ4n) is 2.38. The van der Waals surface area contributed by atoms with Gasteiger partial charge in [0.05, 0.1) is 0 Å². The molecule has 1 N–H and O–H groups in total. The summed E-state index contributed by atoms with van der Waals surface area (Å²) in [4.78, 5) is 4.04. The van der Waals surface area contributed by atoms with Crippen LogP contribution >= 0.6 is 22.9 Å². The first kappa shape index (κ1) is 13.9. The number of rotatable bonds is 7. The normalized spacial score (nSPS) is 14.7. The Bertz CT molecular complexity index is 537. The monoisotopic (exact) mass is 306 g/mol. The highest BCUT2D eigenvalue weighted by atomic mass is 35.5. The van der Waals surface area contributed by atoms with Gasteiger partial charge in [-0.15, -0.1) is 11.3 Å². The highest BCUT2D eigenvalue weighted by molar-refractivity contribution is 7.09. The maximum absolute atomic E-state index is 5.99. The molecular formula is C16H19ClN2S. The number of halogens is 1. The van der Waals surface area contributed by atoms with Crippen molar-refractivity contribution < 1.29 is 0 Å². The summed E-state index contributed by atoms with van der Waals surface area (Å²) in [5.74, 6) is 0. The predicted octanol–water partition coefficient (Wildman–Crippen LogP) is 4.48. The van der Waals surface area contributed by atoms with Crippen molar-refractivity contribution in [3.63, 3.8) is 0 Å². The number of anilines is 1. The number of thiophene rings is 1. The Morgan fingerprint density at radius 2 is 2.15 bits per heavy atom. The molecule has 1 aliphatic rings. The third-order valence-electron chi connectivity index (χ3n) is 3.56. The summed E-state index contributed by atoms with van der Waals surface area (Å²) >= 11 is 7.84. The Balaban J connectivity index is 1.50. The zero-order chi connectivity index (χ0) is 13.8. The lowest BCUT2D eigenvalue weighted by Crippen LogP contribution is -2.30. The van der Waals surface area contributed by atoms with Gasteiger partial charge in [0, 0.05) is 41.3 Å². The fraction of sp³-hybridized carbons (Fsp3) is 0.375. The van der Waals surface area contributed by atoms with E-state index in [2.05, 4.69) is 33.8 Å². The first-order chi connectivity index (χ1) is 9.81. The third-order valence-corrected chi connectivity index (χ3v) is 4.65. The second-order valence-corrected chi connectivity index (χ2v) is 6.69. The molecule has 0 saturated heterocycles. The Hall–Kier alpha value is -1.03. The van der Waals surface area contributed by atoms with E-state index < -0.39 is 0 Å². The number of nitrogens with one attached hydrogen (secondary N) is 1. The van der Waals surface area contributed by atoms with Crippen molar-refractivity contribution in [2.75, 3.05) is 18.4 Å². The van der Waals surface area contributed by atoms with E-state index in [1.165, 1.54) is 17.7 Å². The van der Waals surface area contributed by atoms with Gasteiger partial charge in [-0.05, 0) is 42.5 Å². The van der Waals surface area contributed by atoms with Gasteiger partial charge in [0.15, 0.2) is 0 Å². The Morgan fingerprint density at radius 1 is 1.25 bits per heavy atom. The molecule has 0 radical (unpaired) electrons. The van der Waals surface area contributed by atoms with Gasteiger partial charge in [-0.2, -0.15) is 0 Å². The van der Waals surface area contributed by atoms with Crippen LogP contribution in [0.4, 0.5) is 5.69 Å². The summed E-state index contributed by atoms with van der Waals surface area (Å²) in [5, 5.41) is 6.40. The van der Waals surface area contributed by atoms with Crippen molar-refractivity contribution in [3.05, 3.63) is 51.7 Å². The van der Waals surface area contributed by atoms with Crippen LogP contribution in [0.2, 0.25) is 5.02 Å². The van der Waals surface area contributed by atoms with E-state index in [0.717, 1.165) is 36.4 Å². The standard InChI is InChI=1S/C16H19ClN2S/c17-13-3-1-4-14(11-13)18-8-9-19(15-6-7-15)12-16-5-2-10-20-16/h1-5,10-11,15,18H,6-9,12H2. The largest absolute Gasteiger partial charge is 0.384 e. The predicted molar refractivity (Wildman–Crippen MR) is 87.7 cm³/mol. The van der Waals surface area contributed by atoms with Crippen LogP contribution < -0.4 is 5.32 Å². The van der Waals surface area contributed by atoms with Crippen LogP contribution in [0.15, 0.2) is 41.8 Å². The summed E-state index contributed by atoms with van der Waals surface area (Å²) in [5.41, 5.74) is 1.10. The van der Waals surface area contributed by atoms with Crippen molar-refractivity contribution in [1.82, 2.24) is 4.90 Å². The SMILES string of the molecule is Clc1cccc(NCCN(Cc2cccs2)C2CC2)c1. The molecule has 0 atom stereocenters. The van der Waals surface area contributed by atoms with E-state index >= 15 is 0 Å². The van der Waals surface area contributed by atoms with Gasteiger partial charge in [-0.3, -0.25) is 4.90 Å². The molecule has 0 spiro atoms. The average molecular weight is 307 g/mol. The molecule has 20 heavy (non-hydrogen) atoms. The molecule has 1 aromatic carbocycles. The first-order valence-electron chi connectivity index (χ1n) is 7.07. The summed E-state index contributed by atoms with van der Waals surface area (Å²) in [6.07, 6.45) is 2.70. The maximum atomic E-state index is 5.99.